The van der Waals surface area contributed by atoms with E-state index < -0.39 is 0 Å². The first-order valence-electron chi connectivity index (χ1n) is 3.00. The quantitative estimate of drug-likeness (QED) is 0.512. The highest BCUT2D eigenvalue weighted by molar-refractivity contribution is 6.32. The number of hydrogen-bond acceptors (Lipinski definition) is 4. The van der Waals surface area contributed by atoms with Gasteiger partial charge in [0.1, 0.15) is 12.0 Å². The van der Waals surface area contributed by atoms with Gasteiger partial charge in [-0.1, -0.05) is 11.6 Å². The van der Waals surface area contributed by atoms with Crippen molar-refractivity contribution >= 4 is 29.3 Å². The molecule has 0 aliphatic carbocycles. The summed E-state index contributed by atoms with van der Waals surface area (Å²) in [5.41, 5.74) is 5.81. The molecule has 5 heteroatoms. The molecule has 11 heavy (non-hydrogen) atoms. The molecule has 0 unspecified atom stereocenters. The number of nitrogen functional groups attached to an aromatic ring is 1. The number of hydrogen-bond donors (Lipinski definition) is 1. The van der Waals surface area contributed by atoms with Gasteiger partial charge >= 0.3 is 0 Å². The highest BCUT2D eigenvalue weighted by Crippen LogP contribution is 2.23. The van der Waals surface area contributed by atoms with E-state index in [0.29, 0.717) is 11.5 Å². The zero-order valence-corrected chi connectivity index (χ0v) is 6.71. The van der Waals surface area contributed by atoms with E-state index in [1.54, 1.807) is 13.1 Å². The van der Waals surface area contributed by atoms with E-state index in [9.17, 15) is 0 Å². The Morgan fingerprint density at radius 1 is 1.64 bits per heavy atom. The summed E-state index contributed by atoms with van der Waals surface area (Å²) < 4.78 is 0. The van der Waals surface area contributed by atoms with Crippen LogP contribution in [0.5, 0.6) is 0 Å². The number of aliphatic imine (C=N–C) groups is 1. The highest BCUT2D eigenvalue weighted by Gasteiger charge is 2.02. The fourth-order valence-electron chi connectivity index (χ4n) is 0.591. The van der Waals surface area contributed by atoms with Gasteiger partial charge in [-0.3, -0.25) is 0 Å². The molecule has 0 aromatic carbocycles. The third-order valence-corrected chi connectivity index (χ3v) is 1.37. The van der Waals surface area contributed by atoms with Crippen molar-refractivity contribution in [3.05, 3.63) is 11.5 Å². The molecule has 0 saturated heterocycles. The van der Waals surface area contributed by atoms with Gasteiger partial charge in [-0.15, -0.1) is 0 Å². The molecule has 0 aliphatic rings. The number of halogens is 1. The molecular weight excluding hydrogens is 164 g/mol. The van der Waals surface area contributed by atoms with Crippen LogP contribution in [0.2, 0.25) is 5.15 Å². The lowest BCUT2D eigenvalue weighted by molar-refractivity contribution is 1.16. The van der Waals surface area contributed by atoms with Crippen LogP contribution in [0.1, 0.15) is 6.92 Å². The van der Waals surface area contributed by atoms with E-state index in [1.165, 1.54) is 6.33 Å². The molecule has 0 amide bonds. The maximum Gasteiger partial charge on any atom is 0.179 e. The minimum Gasteiger partial charge on any atom is -0.393 e. The maximum absolute atomic E-state index is 5.60. The Bertz CT molecular complexity index is 284. The van der Waals surface area contributed by atoms with E-state index in [1.807, 2.05) is 0 Å². The molecule has 1 heterocycles. The van der Waals surface area contributed by atoms with Crippen LogP contribution in [0, 0.1) is 0 Å². The fraction of sp³-hybridized carbons (Fsp3) is 0.167. The molecule has 1 rings (SSSR count). The minimum atomic E-state index is 0.237. The van der Waals surface area contributed by atoms with Gasteiger partial charge in [-0.2, -0.15) is 0 Å². The normalized spacial score (nSPS) is 10.7. The van der Waals surface area contributed by atoms with Crippen molar-refractivity contribution in [2.75, 3.05) is 5.73 Å². The number of anilines is 1. The fourth-order valence-corrected chi connectivity index (χ4v) is 0.719. The van der Waals surface area contributed by atoms with E-state index in [-0.39, 0.29) is 5.15 Å². The van der Waals surface area contributed by atoms with Crippen LogP contribution in [0.25, 0.3) is 0 Å². The van der Waals surface area contributed by atoms with Crippen LogP contribution in [0.15, 0.2) is 11.3 Å². The average Bonchev–Trinajstić information content (AvgIpc) is 1.99. The molecule has 0 atom stereocenters. The molecule has 0 spiro atoms. The largest absolute Gasteiger partial charge is 0.393 e. The van der Waals surface area contributed by atoms with Crippen LogP contribution in [-0.4, -0.2) is 16.2 Å². The SMILES string of the molecule is CC=Nc1ncnc(Cl)c1N. The smallest absolute Gasteiger partial charge is 0.179 e. The summed E-state index contributed by atoms with van der Waals surface area (Å²) in [7, 11) is 0. The van der Waals surface area contributed by atoms with Gasteiger partial charge in [-0.05, 0) is 6.92 Å². The summed E-state index contributed by atoms with van der Waals surface area (Å²) in [6.07, 6.45) is 2.91. The second-order valence-corrected chi connectivity index (χ2v) is 2.15. The van der Waals surface area contributed by atoms with Crippen LogP contribution in [-0.2, 0) is 0 Å². The van der Waals surface area contributed by atoms with Gasteiger partial charge in [-0.25, -0.2) is 15.0 Å². The maximum atomic E-state index is 5.60. The zero-order chi connectivity index (χ0) is 8.27. The summed E-state index contributed by atoms with van der Waals surface area (Å²) >= 11 is 5.60. The molecule has 0 saturated carbocycles. The van der Waals surface area contributed by atoms with E-state index in [0.717, 1.165) is 0 Å². The van der Waals surface area contributed by atoms with Crippen molar-refractivity contribution in [3.63, 3.8) is 0 Å². The average molecular weight is 171 g/mol. The monoisotopic (exact) mass is 170 g/mol. The predicted octanol–water partition coefficient (Wildman–Crippen LogP) is 1.43. The first-order valence-corrected chi connectivity index (χ1v) is 3.38. The number of rotatable bonds is 1. The minimum absolute atomic E-state index is 0.237. The predicted molar refractivity (Wildman–Crippen MR) is 45.3 cm³/mol. The van der Waals surface area contributed by atoms with Crippen molar-refractivity contribution in [1.82, 2.24) is 9.97 Å². The van der Waals surface area contributed by atoms with Gasteiger partial charge in [0.25, 0.3) is 0 Å². The van der Waals surface area contributed by atoms with Crippen LogP contribution in [0.3, 0.4) is 0 Å². The molecule has 0 radical (unpaired) electrons. The molecule has 0 fully saturated rings. The van der Waals surface area contributed by atoms with Gasteiger partial charge in [0.15, 0.2) is 11.0 Å². The van der Waals surface area contributed by atoms with Crippen LogP contribution < -0.4 is 5.73 Å². The molecule has 0 aliphatic heterocycles. The van der Waals surface area contributed by atoms with Crippen molar-refractivity contribution in [2.45, 2.75) is 6.92 Å². The second-order valence-electron chi connectivity index (χ2n) is 1.79. The summed E-state index contributed by atoms with van der Waals surface area (Å²) in [6.45, 7) is 1.77. The molecule has 4 nitrogen and oxygen atoms in total. The summed E-state index contributed by atoms with van der Waals surface area (Å²) in [5.74, 6) is 0.410. The molecule has 2 N–H and O–H groups in total. The zero-order valence-electron chi connectivity index (χ0n) is 5.95. The van der Waals surface area contributed by atoms with Gasteiger partial charge in [0.05, 0.1) is 0 Å². The summed E-state index contributed by atoms with van der Waals surface area (Å²) in [6, 6.07) is 0. The van der Waals surface area contributed by atoms with Crippen LogP contribution >= 0.6 is 11.6 Å². The Hall–Kier alpha value is -1.16. The Morgan fingerprint density at radius 2 is 2.36 bits per heavy atom. The van der Waals surface area contributed by atoms with Crippen molar-refractivity contribution in [2.24, 2.45) is 4.99 Å². The van der Waals surface area contributed by atoms with E-state index in [4.69, 9.17) is 17.3 Å². The lowest BCUT2D eigenvalue weighted by atomic mass is 10.5. The number of nitrogens with two attached hydrogens (primary N) is 1. The van der Waals surface area contributed by atoms with E-state index in [2.05, 4.69) is 15.0 Å². The highest BCUT2D eigenvalue weighted by atomic mass is 35.5. The molecule has 0 bridgehead atoms. The van der Waals surface area contributed by atoms with Crippen molar-refractivity contribution in [1.29, 1.82) is 0 Å². The Labute approximate surface area is 69.1 Å². The number of nitrogens with zero attached hydrogens (tertiary/aromatic N) is 3. The number of aromatic nitrogens is 2. The molecule has 1 aromatic rings. The van der Waals surface area contributed by atoms with Crippen molar-refractivity contribution < 1.29 is 0 Å². The van der Waals surface area contributed by atoms with Gasteiger partial charge in [0, 0.05) is 6.21 Å². The molecular formula is C6H7ClN4. The first kappa shape index (κ1) is 7.94. The van der Waals surface area contributed by atoms with E-state index >= 15 is 0 Å². The molecule has 1 aromatic heterocycles. The Morgan fingerprint density at radius 3 is 3.00 bits per heavy atom. The molecule has 58 valence electrons. The van der Waals surface area contributed by atoms with Crippen LogP contribution in [0.4, 0.5) is 11.5 Å². The topological polar surface area (TPSA) is 64.2 Å². The Kier molecular flexibility index (Phi) is 2.38. The second kappa shape index (κ2) is 3.30. The summed E-state index contributed by atoms with van der Waals surface area (Å²) in [4.78, 5) is 11.4. The van der Waals surface area contributed by atoms with Gasteiger partial charge in [0.2, 0.25) is 0 Å². The lowest BCUT2D eigenvalue weighted by Gasteiger charge is -1.97. The first-order chi connectivity index (χ1) is 5.25. The lowest BCUT2D eigenvalue weighted by Crippen LogP contribution is -1.91. The summed E-state index contributed by atoms with van der Waals surface area (Å²) in [5, 5.41) is 0.237. The third kappa shape index (κ3) is 1.65. The van der Waals surface area contributed by atoms with Crippen molar-refractivity contribution in [3.8, 4) is 0 Å². The third-order valence-electron chi connectivity index (χ3n) is 1.07. The Balaban J connectivity index is 3.16. The standard InChI is InChI=1S/C6H7ClN4/c1-2-9-6-4(8)5(7)10-3-11-6/h2-3H,8H2,1H3. The van der Waals surface area contributed by atoms with Gasteiger partial charge < -0.3 is 5.73 Å².